The first-order chi connectivity index (χ1) is 21.1. The number of amides is 2. The molecule has 1 aromatic carbocycles. The number of fused-ring (bicyclic) bond motifs is 2. The summed E-state index contributed by atoms with van der Waals surface area (Å²) < 4.78 is 47.1. The van der Waals surface area contributed by atoms with E-state index in [1.54, 1.807) is 17.0 Å². The highest BCUT2D eigenvalue weighted by Crippen LogP contribution is 2.39. The second-order valence-corrected chi connectivity index (χ2v) is 11.7. The smallest absolute Gasteiger partial charge is 0.417 e. The molecule has 2 amide bonds. The molecule has 1 saturated heterocycles. The summed E-state index contributed by atoms with van der Waals surface area (Å²) >= 11 is 0. The van der Waals surface area contributed by atoms with Gasteiger partial charge in [-0.3, -0.25) is 9.59 Å². The van der Waals surface area contributed by atoms with Crippen LogP contribution in [0.4, 0.5) is 24.9 Å². The molecule has 0 saturated carbocycles. The Balaban J connectivity index is 1.20. The number of nitrogens with zero attached hydrogens (tertiary/aromatic N) is 2. The van der Waals surface area contributed by atoms with Gasteiger partial charge in [-0.25, -0.2) is 0 Å². The lowest BCUT2D eigenvalue weighted by atomic mass is 10.0. The van der Waals surface area contributed by atoms with Crippen LogP contribution in [0.5, 0.6) is 0 Å². The predicted molar refractivity (Wildman–Crippen MR) is 163 cm³/mol. The van der Waals surface area contributed by atoms with Crippen molar-refractivity contribution in [1.82, 2.24) is 10.3 Å². The molecule has 0 radical (unpaired) electrons. The van der Waals surface area contributed by atoms with Gasteiger partial charge in [0, 0.05) is 30.0 Å². The van der Waals surface area contributed by atoms with E-state index in [0.717, 1.165) is 52.8 Å². The van der Waals surface area contributed by atoms with Gasteiger partial charge in [-0.1, -0.05) is 43.4 Å². The number of benzene rings is 1. The van der Waals surface area contributed by atoms with Gasteiger partial charge in [-0.05, 0) is 97.1 Å². The topological polar surface area (TPSA) is 87.5 Å². The number of hydrogen-bond acceptors (Lipinski definition) is 5. The van der Waals surface area contributed by atoms with Crippen LogP contribution in [0.2, 0.25) is 0 Å². The summed E-state index contributed by atoms with van der Waals surface area (Å²) in [5.74, 6) is -1.76. The molecule has 44 heavy (non-hydrogen) atoms. The number of alkyl halides is 3. The van der Waals surface area contributed by atoms with Crippen molar-refractivity contribution < 1.29 is 27.2 Å². The number of rotatable bonds is 5. The average Bonchev–Trinajstić information content (AvgIpc) is 3.44. The third kappa shape index (κ3) is 6.06. The normalized spacial score (nSPS) is 19.8. The lowest BCUT2D eigenvalue weighted by molar-refractivity contribution is -0.141. The predicted octanol–water partition coefficient (Wildman–Crippen LogP) is 7.28. The van der Waals surface area contributed by atoms with Crippen molar-refractivity contribution in [1.29, 1.82) is 0 Å². The first-order valence-corrected chi connectivity index (χ1v) is 14.8. The number of carbonyl (C=O) groups excluding carboxylic acids is 2. The van der Waals surface area contributed by atoms with Crippen molar-refractivity contribution in [2.45, 2.75) is 52.1 Å². The zero-order valence-corrected chi connectivity index (χ0v) is 24.6. The standard InChI is InChI=1S/C34H33F3N4O3/c1-20-8-7-15-41(19-20)33-40-30(34(35,36)37)29(44-33)32(43)38-25-13-14-27-24(18-25)17-23-16-22(10-6-11-26(23)27)31(42)39-28-12-5-3-4-9-21(28)2/h4-6,9,11-14,16,18,20H,3,7-8,10,15,17,19H2,1-2H3,(H,38,43)(H,39,42). The summed E-state index contributed by atoms with van der Waals surface area (Å²) in [5.41, 5.74) is 5.14. The van der Waals surface area contributed by atoms with E-state index in [1.807, 2.05) is 62.4 Å². The maximum absolute atomic E-state index is 13.9. The number of allylic oxidation sites excluding steroid dienone is 10. The highest BCUT2D eigenvalue weighted by molar-refractivity contribution is 6.04. The number of hydrogen-bond donors (Lipinski definition) is 2. The monoisotopic (exact) mass is 602 g/mol. The molecule has 2 N–H and O–H groups in total. The van der Waals surface area contributed by atoms with Crippen molar-refractivity contribution in [3.8, 4) is 0 Å². The van der Waals surface area contributed by atoms with Crippen LogP contribution in [0.1, 0.15) is 66.9 Å². The largest absolute Gasteiger partial charge is 0.437 e. The number of nitrogens with one attached hydrogen (secondary N) is 2. The van der Waals surface area contributed by atoms with Gasteiger partial charge in [0.2, 0.25) is 5.76 Å². The Hall–Kier alpha value is -4.60. The highest BCUT2D eigenvalue weighted by Gasteiger charge is 2.42. The molecule has 2 heterocycles. The summed E-state index contributed by atoms with van der Waals surface area (Å²) in [6.45, 7) is 5.00. The van der Waals surface area contributed by atoms with Gasteiger partial charge in [0.05, 0.1) is 0 Å². The minimum absolute atomic E-state index is 0.174. The third-order valence-corrected chi connectivity index (χ3v) is 8.26. The molecule has 1 fully saturated rings. The van der Waals surface area contributed by atoms with E-state index in [4.69, 9.17) is 4.42 Å². The highest BCUT2D eigenvalue weighted by atomic mass is 19.4. The maximum Gasteiger partial charge on any atom is 0.437 e. The fourth-order valence-corrected chi connectivity index (χ4v) is 6.03. The second-order valence-electron chi connectivity index (χ2n) is 11.7. The number of piperidine rings is 1. The Bertz CT molecular complexity index is 1700. The van der Waals surface area contributed by atoms with Gasteiger partial charge >= 0.3 is 6.18 Å². The van der Waals surface area contributed by atoms with E-state index < -0.39 is 23.5 Å². The first-order valence-electron chi connectivity index (χ1n) is 14.8. The molecule has 6 rings (SSSR count). The summed E-state index contributed by atoms with van der Waals surface area (Å²) in [6, 6.07) is 5.05. The van der Waals surface area contributed by atoms with E-state index in [0.29, 0.717) is 37.2 Å². The first kappa shape index (κ1) is 29.5. The third-order valence-electron chi connectivity index (χ3n) is 8.26. The Morgan fingerprint density at radius 3 is 2.68 bits per heavy atom. The fourth-order valence-electron chi connectivity index (χ4n) is 6.03. The molecule has 0 spiro atoms. The quantitative estimate of drug-likeness (QED) is 0.376. The van der Waals surface area contributed by atoms with Gasteiger partial charge in [0.15, 0.2) is 5.69 Å². The van der Waals surface area contributed by atoms with Gasteiger partial charge in [-0.15, -0.1) is 0 Å². The van der Waals surface area contributed by atoms with Crippen molar-refractivity contribution in [2.24, 2.45) is 5.92 Å². The molecule has 2 aromatic rings. The number of anilines is 2. The van der Waals surface area contributed by atoms with Crippen LogP contribution in [-0.2, 0) is 17.4 Å². The number of carbonyl (C=O) groups is 2. The van der Waals surface area contributed by atoms with E-state index in [9.17, 15) is 22.8 Å². The van der Waals surface area contributed by atoms with Crippen LogP contribution in [-0.4, -0.2) is 29.9 Å². The van der Waals surface area contributed by atoms with E-state index in [2.05, 4.69) is 15.6 Å². The number of halogens is 3. The van der Waals surface area contributed by atoms with E-state index in [-0.39, 0.29) is 17.8 Å². The molecule has 0 bridgehead atoms. The Morgan fingerprint density at radius 1 is 1.07 bits per heavy atom. The van der Waals surface area contributed by atoms with Crippen molar-refractivity contribution in [3.63, 3.8) is 0 Å². The van der Waals surface area contributed by atoms with Crippen LogP contribution in [0, 0.1) is 5.92 Å². The molecule has 4 aliphatic rings. The number of oxazole rings is 1. The molecule has 3 aliphatic carbocycles. The fraction of sp³-hybridized carbons (Fsp3) is 0.324. The molecular formula is C34H33F3N4O3. The molecule has 1 atom stereocenters. The summed E-state index contributed by atoms with van der Waals surface area (Å²) in [6.07, 6.45) is 12.5. The van der Waals surface area contributed by atoms with Crippen LogP contribution >= 0.6 is 0 Å². The van der Waals surface area contributed by atoms with Gasteiger partial charge in [-0.2, -0.15) is 18.2 Å². The van der Waals surface area contributed by atoms with Crippen LogP contribution in [0.3, 0.4) is 0 Å². The summed E-state index contributed by atoms with van der Waals surface area (Å²) in [7, 11) is 0. The van der Waals surface area contributed by atoms with Gasteiger partial charge in [0.25, 0.3) is 17.8 Å². The van der Waals surface area contributed by atoms with Crippen molar-refractivity contribution >= 4 is 29.1 Å². The molecule has 1 aromatic heterocycles. The zero-order chi connectivity index (χ0) is 31.0. The average molecular weight is 603 g/mol. The Morgan fingerprint density at radius 2 is 1.89 bits per heavy atom. The van der Waals surface area contributed by atoms with Gasteiger partial charge in [0.1, 0.15) is 0 Å². The second kappa shape index (κ2) is 11.8. The van der Waals surface area contributed by atoms with Crippen LogP contribution in [0.25, 0.3) is 5.57 Å². The van der Waals surface area contributed by atoms with E-state index in [1.165, 1.54) is 0 Å². The van der Waals surface area contributed by atoms with E-state index >= 15 is 0 Å². The molecule has 1 aliphatic heterocycles. The van der Waals surface area contributed by atoms with Crippen molar-refractivity contribution in [2.75, 3.05) is 23.3 Å². The van der Waals surface area contributed by atoms with Crippen LogP contribution in [0.15, 0.2) is 87.6 Å². The summed E-state index contributed by atoms with van der Waals surface area (Å²) in [5, 5.41) is 5.60. The van der Waals surface area contributed by atoms with Gasteiger partial charge < -0.3 is 20.0 Å². The minimum Gasteiger partial charge on any atom is -0.417 e. The molecular weight excluding hydrogens is 569 g/mol. The molecule has 228 valence electrons. The minimum atomic E-state index is -4.85. The SMILES string of the molecule is CC1=C(NC(=O)C2=CC3=C(C=CC2)c2ccc(NC(=O)c4oc(N5CCCC(C)C5)nc4C(F)(F)F)cc2C3)C=CCC=C1. The van der Waals surface area contributed by atoms with Crippen LogP contribution < -0.4 is 15.5 Å². The zero-order valence-electron chi connectivity index (χ0n) is 24.6. The summed E-state index contributed by atoms with van der Waals surface area (Å²) in [4.78, 5) is 31.7. The maximum atomic E-state index is 13.9. The van der Waals surface area contributed by atoms with Crippen molar-refractivity contribution in [3.05, 3.63) is 106 Å². The lowest BCUT2D eigenvalue weighted by Gasteiger charge is -2.29. The lowest BCUT2D eigenvalue weighted by Crippen LogP contribution is -2.34. The Kier molecular flexibility index (Phi) is 7.92. The molecule has 1 unspecified atom stereocenters. The Labute approximate surface area is 253 Å². The molecule has 10 heteroatoms. The molecule has 7 nitrogen and oxygen atoms in total. The number of aromatic nitrogens is 1.